The van der Waals surface area contributed by atoms with E-state index in [0.717, 1.165) is 11.3 Å². The first kappa shape index (κ1) is 25.4. The van der Waals surface area contributed by atoms with E-state index >= 15 is 0 Å². The lowest BCUT2D eigenvalue weighted by Crippen LogP contribution is -2.29. The Bertz CT molecular complexity index is 1410. The van der Waals surface area contributed by atoms with E-state index in [1.807, 2.05) is 61.3 Å². The van der Waals surface area contributed by atoms with Crippen molar-refractivity contribution in [1.82, 2.24) is 0 Å². The molecule has 7 heteroatoms. The SMILES string of the molecule is Cc1cccc(N2C(=O)C(=O)/C(=C(\O)c3ccc4c(c3)N(C)CCO4)C2c2ccc(OCC(C)C)cc2)c1. The van der Waals surface area contributed by atoms with Gasteiger partial charge in [-0.1, -0.05) is 38.1 Å². The number of hydrogen-bond donors (Lipinski definition) is 1. The molecule has 1 saturated heterocycles. The van der Waals surface area contributed by atoms with E-state index in [9.17, 15) is 14.7 Å². The third-order valence-corrected chi connectivity index (χ3v) is 6.83. The number of benzene rings is 3. The van der Waals surface area contributed by atoms with Crippen LogP contribution in [-0.4, -0.2) is 43.6 Å². The van der Waals surface area contributed by atoms with Gasteiger partial charge in [-0.15, -0.1) is 0 Å². The summed E-state index contributed by atoms with van der Waals surface area (Å²) in [5.41, 5.74) is 3.56. The maximum Gasteiger partial charge on any atom is 0.300 e. The number of likely N-dealkylation sites (N-methyl/N-ethyl adjacent to an activating group) is 1. The monoisotopic (exact) mass is 512 g/mol. The maximum absolute atomic E-state index is 13.5. The van der Waals surface area contributed by atoms with Crippen LogP contribution in [0.25, 0.3) is 5.76 Å². The number of amides is 1. The van der Waals surface area contributed by atoms with E-state index in [1.165, 1.54) is 4.90 Å². The van der Waals surface area contributed by atoms with Crippen molar-refractivity contribution in [2.75, 3.05) is 36.6 Å². The van der Waals surface area contributed by atoms with Crippen LogP contribution in [0.1, 0.15) is 36.6 Å². The van der Waals surface area contributed by atoms with Crippen LogP contribution in [0, 0.1) is 12.8 Å². The highest BCUT2D eigenvalue weighted by Gasteiger charge is 2.47. The van der Waals surface area contributed by atoms with Crippen molar-refractivity contribution >= 4 is 28.8 Å². The van der Waals surface area contributed by atoms with Gasteiger partial charge in [0.15, 0.2) is 0 Å². The molecule has 0 bridgehead atoms. The average Bonchev–Trinajstić information content (AvgIpc) is 3.17. The first-order chi connectivity index (χ1) is 18.2. The summed E-state index contributed by atoms with van der Waals surface area (Å²) in [7, 11) is 1.95. The Balaban J connectivity index is 1.63. The molecule has 2 heterocycles. The third-order valence-electron chi connectivity index (χ3n) is 6.83. The molecular formula is C31H32N2O5. The van der Waals surface area contributed by atoms with Crippen molar-refractivity contribution in [3.8, 4) is 11.5 Å². The Kier molecular flexibility index (Phi) is 6.85. The van der Waals surface area contributed by atoms with Crippen molar-refractivity contribution in [1.29, 1.82) is 0 Å². The summed E-state index contributed by atoms with van der Waals surface area (Å²) in [6.45, 7) is 7.95. The van der Waals surface area contributed by atoms with Gasteiger partial charge in [-0.2, -0.15) is 0 Å². The van der Waals surface area contributed by atoms with Gasteiger partial charge in [-0.25, -0.2) is 0 Å². The molecule has 38 heavy (non-hydrogen) atoms. The Morgan fingerprint density at radius 2 is 1.84 bits per heavy atom. The van der Waals surface area contributed by atoms with Gasteiger partial charge in [-0.05, 0) is 66.4 Å². The number of rotatable bonds is 6. The van der Waals surface area contributed by atoms with Gasteiger partial charge in [0.1, 0.15) is 23.9 Å². The van der Waals surface area contributed by atoms with E-state index in [0.29, 0.717) is 54.0 Å². The number of fused-ring (bicyclic) bond motifs is 1. The standard InChI is InChI=1S/C31H32N2O5/c1-19(2)18-38-24-11-8-21(9-12-24)28-27(30(35)31(36)33(28)23-7-5-6-20(3)16-23)29(34)22-10-13-26-25(17-22)32(4)14-15-37-26/h5-13,16-17,19,28,34H,14-15,18H2,1-4H3/b29-27-. The number of hydrogen-bond acceptors (Lipinski definition) is 6. The molecule has 1 atom stereocenters. The molecule has 3 aromatic rings. The molecule has 0 spiro atoms. The summed E-state index contributed by atoms with van der Waals surface area (Å²) in [5, 5.41) is 11.5. The summed E-state index contributed by atoms with van der Waals surface area (Å²) in [6, 6.07) is 19.3. The van der Waals surface area contributed by atoms with Gasteiger partial charge in [-0.3, -0.25) is 14.5 Å². The number of aryl methyl sites for hydroxylation is 1. The average molecular weight is 513 g/mol. The highest BCUT2D eigenvalue weighted by atomic mass is 16.5. The molecular weight excluding hydrogens is 480 g/mol. The van der Waals surface area contributed by atoms with Gasteiger partial charge in [0, 0.05) is 18.3 Å². The van der Waals surface area contributed by atoms with Crippen LogP contribution in [0.5, 0.6) is 11.5 Å². The van der Waals surface area contributed by atoms with E-state index in [4.69, 9.17) is 9.47 Å². The number of Topliss-reactive ketones (excluding diaryl/α,β-unsaturated/α-hetero) is 1. The molecule has 1 fully saturated rings. The summed E-state index contributed by atoms with van der Waals surface area (Å²) < 4.78 is 11.6. The van der Waals surface area contributed by atoms with E-state index in [2.05, 4.69) is 13.8 Å². The molecule has 1 amide bonds. The quantitative estimate of drug-likeness (QED) is 0.268. The Morgan fingerprint density at radius 1 is 1.08 bits per heavy atom. The lowest BCUT2D eigenvalue weighted by atomic mass is 9.94. The Hall–Kier alpha value is -4.26. The highest BCUT2D eigenvalue weighted by Crippen LogP contribution is 2.43. The summed E-state index contributed by atoms with van der Waals surface area (Å²) >= 11 is 0. The van der Waals surface area contributed by atoms with E-state index < -0.39 is 17.7 Å². The molecule has 1 N–H and O–H groups in total. The van der Waals surface area contributed by atoms with Crippen LogP contribution in [0.2, 0.25) is 0 Å². The fraction of sp³-hybridized carbons (Fsp3) is 0.290. The van der Waals surface area contributed by atoms with E-state index in [-0.39, 0.29) is 11.3 Å². The van der Waals surface area contributed by atoms with Gasteiger partial charge < -0.3 is 19.5 Å². The minimum Gasteiger partial charge on any atom is -0.507 e. The van der Waals surface area contributed by atoms with Crippen molar-refractivity contribution in [3.63, 3.8) is 0 Å². The zero-order valence-corrected chi connectivity index (χ0v) is 22.1. The number of carbonyl (C=O) groups excluding carboxylic acids is 2. The fourth-order valence-corrected chi connectivity index (χ4v) is 4.85. The van der Waals surface area contributed by atoms with Crippen LogP contribution >= 0.6 is 0 Å². The largest absolute Gasteiger partial charge is 0.507 e. The highest BCUT2D eigenvalue weighted by molar-refractivity contribution is 6.51. The van der Waals surface area contributed by atoms with Gasteiger partial charge >= 0.3 is 0 Å². The summed E-state index contributed by atoms with van der Waals surface area (Å²) in [4.78, 5) is 30.5. The first-order valence-electron chi connectivity index (χ1n) is 12.8. The summed E-state index contributed by atoms with van der Waals surface area (Å²) in [5.74, 6) is 0.170. The number of ether oxygens (including phenoxy) is 2. The van der Waals surface area contributed by atoms with Crippen molar-refractivity contribution in [2.24, 2.45) is 5.92 Å². The predicted octanol–water partition coefficient (Wildman–Crippen LogP) is 5.48. The number of ketones is 1. The molecule has 5 rings (SSSR count). The predicted molar refractivity (Wildman–Crippen MR) is 148 cm³/mol. The van der Waals surface area contributed by atoms with Crippen molar-refractivity contribution < 1.29 is 24.2 Å². The van der Waals surface area contributed by atoms with Gasteiger partial charge in [0.2, 0.25) is 0 Å². The van der Waals surface area contributed by atoms with Crippen LogP contribution in [-0.2, 0) is 9.59 Å². The second-order valence-corrected chi connectivity index (χ2v) is 10.2. The minimum absolute atomic E-state index is 0.0479. The smallest absolute Gasteiger partial charge is 0.300 e. The number of aliphatic hydroxyl groups is 1. The van der Waals surface area contributed by atoms with Crippen molar-refractivity contribution in [2.45, 2.75) is 26.8 Å². The normalized spacial score (nSPS) is 18.5. The molecule has 0 radical (unpaired) electrons. The molecule has 3 aromatic carbocycles. The maximum atomic E-state index is 13.5. The topological polar surface area (TPSA) is 79.3 Å². The molecule has 0 saturated carbocycles. The lowest BCUT2D eigenvalue weighted by Gasteiger charge is -2.28. The summed E-state index contributed by atoms with van der Waals surface area (Å²) in [6.07, 6.45) is 0. The Labute approximate surface area is 222 Å². The number of aliphatic hydroxyl groups excluding tert-OH is 1. The van der Waals surface area contributed by atoms with Crippen LogP contribution in [0.15, 0.2) is 72.3 Å². The number of nitrogens with zero attached hydrogens (tertiary/aromatic N) is 2. The second kappa shape index (κ2) is 10.2. The molecule has 2 aliphatic heterocycles. The molecule has 196 valence electrons. The zero-order chi connectivity index (χ0) is 27.0. The second-order valence-electron chi connectivity index (χ2n) is 10.2. The molecule has 1 unspecified atom stereocenters. The van der Waals surface area contributed by atoms with Crippen molar-refractivity contribution in [3.05, 3.63) is 89.0 Å². The van der Waals surface area contributed by atoms with Crippen LogP contribution in [0.3, 0.4) is 0 Å². The zero-order valence-electron chi connectivity index (χ0n) is 22.1. The molecule has 7 nitrogen and oxygen atoms in total. The Morgan fingerprint density at radius 3 is 2.55 bits per heavy atom. The van der Waals surface area contributed by atoms with Gasteiger partial charge in [0.25, 0.3) is 11.7 Å². The minimum atomic E-state index is -0.805. The molecule has 0 aromatic heterocycles. The number of anilines is 2. The van der Waals surface area contributed by atoms with Crippen LogP contribution in [0.4, 0.5) is 11.4 Å². The lowest BCUT2D eigenvalue weighted by molar-refractivity contribution is -0.132. The van der Waals surface area contributed by atoms with Crippen LogP contribution < -0.4 is 19.3 Å². The fourth-order valence-electron chi connectivity index (χ4n) is 4.85. The van der Waals surface area contributed by atoms with Gasteiger partial charge in [0.05, 0.1) is 30.5 Å². The molecule has 2 aliphatic rings. The number of carbonyl (C=O) groups is 2. The first-order valence-corrected chi connectivity index (χ1v) is 12.8. The van der Waals surface area contributed by atoms with E-state index in [1.54, 1.807) is 24.3 Å². The third kappa shape index (κ3) is 4.72. The molecule has 0 aliphatic carbocycles.